The van der Waals surface area contributed by atoms with Crippen molar-refractivity contribution in [3.8, 4) is 11.3 Å². The van der Waals surface area contributed by atoms with Crippen LogP contribution in [-0.2, 0) is 0 Å². The number of imidazole rings is 1. The van der Waals surface area contributed by atoms with Gasteiger partial charge in [0.25, 0.3) is 0 Å². The van der Waals surface area contributed by atoms with Gasteiger partial charge in [0, 0.05) is 24.7 Å². The van der Waals surface area contributed by atoms with Crippen molar-refractivity contribution >= 4 is 27.2 Å². The van der Waals surface area contributed by atoms with Gasteiger partial charge in [0.05, 0.1) is 11.9 Å². The molecule has 3 heterocycles. The van der Waals surface area contributed by atoms with Crippen LogP contribution < -0.4 is 4.90 Å². The lowest BCUT2D eigenvalue weighted by Crippen LogP contribution is -2.35. The molecule has 1 aromatic carbocycles. The minimum atomic E-state index is 0.0643. The van der Waals surface area contributed by atoms with Gasteiger partial charge in [0.15, 0.2) is 5.78 Å². The minimum Gasteiger partial charge on any atom is -0.349 e. The monoisotopic (exact) mass is 383 g/mol. The molecule has 0 N–H and O–H groups in total. The summed E-state index contributed by atoms with van der Waals surface area (Å²) in [6.07, 6.45) is 4.32. The maximum absolute atomic E-state index is 11.7. The summed E-state index contributed by atoms with van der Waals surface area (Å²) in [5, 5.41) is 5.79. The first-order chi connectivity index (χ1) is 13.0. The molecule has 7 heteroatoms. The van der Waals surface area contributed by atoms with Gasteiger partial charge in [0.2, 0.25) is 10.1 Å². The van der Waals surface area contributed by atoms with Crippen LogP contribution in [0.2, 0.25) is 0 Å². The minimum absolute atomic E-state index is 0.0643. The Morgan fingerprint density at radius 2 is 2.11 bits per heavy atom. The number of carbonyl (C=O) groups is 1. The van der Waals surface area contributed by atoms with Gasteiger partial charge in [-0.3, -0.25) is 4.79 Å². The van der Waals surface area contributed by atoms with Crippen LogP contribution in [0, 0.1) is 5.92 Å². The van der Waals surface area contributed by atoms with Crippen LogP contribution in [0.5, 0.6) is 0 Å². The van der Waals surface area contributed by atoms with E-state index in [9.17, 15) is 4.79 Å². The van der Waals surface area contributed by atoms with E-state index >= 15 is 0 Å². The maximum Gasteiger partial charge on any atom is 0.214 e. The van der Waals surface area contributed by atoms with Gasteiger partial charge >= 0.3 is 0 Å². The standard InChI is InChI=1S/C20H25N5OS/c1-14(26)16-5-4-6-17(11-16)18-12-21-19-25(18)22-20(27-19)24(3)13-15-7-9-23(2)10-8-15/h4-6,11-12,15H,7-10,13H2,1-3H3. The molecular weight excluding hydrogens is 358 g/mol. The average molecular weight is 384 g/mol. The van der Waals surface area contributed by atoms with E-state index in [1.807, 2.05) is 35.0 Å². The number of benzene rings is 1. The number of hydrogen-bond acceptors (Lipinski definition) is 6. The molecule has 4 rings (SSSR count). The van der Waals surface area contributed by atoms with Crippen LogP contribution in [0.1, 0.15) is 30.1 Å². The molecule has 6 nitrogen and oxygen atoms in total. The predicted molar refractivity (Wildman–Crippen MR) is 110 cm³/mol. The first-order valence-electron chi connectivity index (χ1n) is 9.37. The molecule has 3 aromatic rings. The highest BCUT2D eigenvalue weighted by Crippen LogP contribution is 2.29. The summed E-state index contributed by atoms with van der Waals surface area (Å²) in [7, 11) is 4.31. The lowest BCUT2D eigenvalue weighted by atomic mass is 9.97. The van der Waals surface area contributed by atoms with E-state index in [1.165, 1.54) is 25.9 Å². The quantitative estimate of drug-likeness (QED) is 0.632. The number of hydrogen-bond donors (Lipinski definition) is 0. The lowest BCUT2D eigenvalue weighted by Gasteiger charge is -2.31. The van der Waals surface area contributed by atoms with Crippen molar-refractivity contribution in [1.82, 2.24) is 19.5 Å². The van der Waals surface area contributed by atoms with Crippen LogP contribution in [-0.4, -0.2) is 59.0 Å². The maximum atomic E-state index is 11.7. The van der Waals surface area contributed by atoms with Crippen LogP contribution in [0.25, 0.3) is 16.2 Å². The zero-order valence-electron chi connectivity index (χ0n) is 16.1. The zero-order valence-corrected chi connectivity index (χ0v) is 16.9. The molecule has 0 radical (unpaired) electrons. The number of aromatic nitrogens is 3. The van der Waals surface area contributed by atoms with E-state index in [-0.39, 0.29) is 5.78 Å². The Labute approximate surface area is 163 Å². The average Bonchev–Trinajstić information content (AvgIpc) is 3.24. The third kappa shape index (κ3) is 3.75. The summed E-state index contributed by atoms with van der Waals surface area (Å²) in [6.45, 7) is 4.97. The van der Waals surface area contributed by atoms with Gasteiger partial charge in [-0.25, -0.2) is 9.50 Å². The Morgan fingerprint density at radius 3 is 2.85 bits per heavy atom. The van der Waals surface area contributed by atoms with Gasteiger partial charge in [0.1, 0.15) is 0 Å². The number of carbonyl (C=O) groups excluding carboxylic acids is 1. The Hall–Kier alpha value is -2.25. The molecule has 1 aliphatic heterocycles. The van der Waals surface area contributed by atoms with E-state index in [0.29, 0.717) is 11.5 Å². The Bertz CT molecular complexity index is 954. The fourth-order valence-corrected chi connectivity index (χ4v) is 4.49. The van der Waals surface area contributed by atoms with Crippen LogP contribution in [0.4, 0.5) is 5.13 Å². The number of anilines is 1. The molecule has 1 aliphatic rings. The normalized spacial score (nSPS) is 16.1. The van der Waals surface area contributed by atoms with E-state index in [2.05, 4.69) is 28.9 Å². The zero-order chi connectivity index (χ0) is 19.0. The van der Waals surface area contributed by atoms with Crippen molar-refractivity contribution in [2.24, 2.45) is 5.92 Å². The van der Waals surface area contributed by atoms with E-state index in [0.717, 1.165) is 27.9 Å². The van der Waals surface area contributed by atoms with Crippen molar-refractivity contribution in [2.75, 3.05) is 38.6 Å². The SMILES string of the molecule is CC(=O)c1cccc(-c2cnc3sc(N(C)CC4CCN(C)CC4)nn23)c1. The molecule has 0 aliphatic carbocycles. The number of piperidine rings is 1. The van der Waals surface area contributed by atoms with Crippen molar-refractivity contribution < 1.29 is 4.79 Å². The van der Waals surface area contributed by atoms with Crippen molar-refractivity contribution in [2.45, 2.75) is 19.8 Å². The predicted octanol–water partition coefficient (Wildman–Crippen LogP) is 3.44. The molecular formula is C20H25N5OS. The first-order valence-corrected chi connectivity index (χ1v) is 10.2. The summed E-state index contributed by atoms with van der Waals surface area (Å²) in [5.74, 6) is 0.781. The molecule has 0 unspecified atom stereocenters. The van der Waals surface area contributed by atoms with E-state index in [1.54, 1.807) is 18.3 Å². The number of fused-ring (bicyclic) bond motifs is 1. The second kappa shape index (κ2) is 7.40. The molecule has 0 saturated carbocycles. The summed E-state index contributed by atoms with van der Waals surface area (Å²) in [6, 6.07) is 7.65. The highest BCUT2D eigenvalue weighted by atomic mass is 32.1. The smallest absolute Gasteiger partial charge is 0.214 e. The Kier molecular flexibility index (Phi) is 4.97. The summed E-state index contributed by atoms with van der Waals surface area (Å²) in [4.78, 5) is 21.7. The molecule has 1 saturated heterocycles. The van der Waals surface area contributed by atoms with Gasteiger partial charge in [-0.1, -0.05) is 29.5 Å². The number of ketones is 1. The first kappa shape index (κ1) is 18.1. The van der Waals surface area contributed by atoms with Gasteiger partial charge in [-0.05, 0) is 51.9 Å². The highest BCUT2D eigenvalue weighted by molar-refractivity contribution is 7.20. The fraction of sp³-hybridized carbons (Fsp3) is 0.450. The fourth-order valence-electron chi connectivity index (χ4n) is 3.64. The second-order valence-electron chi connectivity index (χ2n) is 7.49. The van der Waals surface area contributed by atoms with Crippen LogP contribution >= 0.6 is 11.3 Å². The Balaban J connectivity index is 1.57. The third-order valence-corrected chi connectivity index (χ3v) is 6.37. The molecule has 0 atom stereocenters. The van der Waals surface area contributed by atoms with E-state index in [4.69, 9.17) is 5.10 Å². The number of rotatable bonds is 5. The van der Waals surface area contributed by atoms with Gasteiger partial charge < -0.3 is 9.80 Å². The summed E-state index contributed by atoms with van der Waals surface area (Å²) < 4.78 is 1.89. The van der Waals surface area contributed by atoms with Crippen LogP contribution in [0.3, 0.4) is 0 Å². The topological polar surface area (TPSA) is 53.7 Å². The second-order valence-corrected chi connectivity index (χ2v) is 8.42. The summed E-state index contributed by atoms with van der Waals surface area (Å²) in [5.41, 5.74) is 2.59. The molecule has 142 valence electrons. The number of nitrogens with zero attached hydrogens (tertiary/aromatic N) is 5. The number of Topliss-reactive ketones (excluding diaryl/α,β-unsaturated/α-hetero) is 1. The molecule has 0 bridgehead atoms. The molecule has 27 heavy (non-hydrogen) atoms. The lowest BCUT2D eigenvalue weighted by molar-refractivity contribution is 0.101. The van der Waals surface area contributed by atoms with Crippen molar-refractivity contribution in [3.63, 3.8) is 0 Å². The molecule has 2 aromatic heterocycles. The number of likely N-dealkylation sites (tertiary alicyclic amines) is 1. The third-order valence-electron chi connectivity index (χ3n) is 5.34. The molecule has 1 fully saturated rings. The highest BCUT2D eigenvalue weighted by Gasteiger charge is 2.21. The summed E-state index contributed by atoms with van der Waals surface area (Å²) >= 11 is 1.61. The van der Waals surface area contributed by atoms with Crippen molar-refractivity contribution in [1.29, 1.82) is 0 Å². The van der Waals surface area contributed by atoms with Crippen molar-refractivity contribution in [3.05, 3.63) is 36.0 Å². The Morgan fingerprint density at radius 1 is 1.33 bits per heavy atom. The molecule has 0 amide bonds. The molecule has 0 spiro atoms. The van der Waals surface area contributed by atoms with Gasteiger partial charge in [-0.15, -0.1) is 5.10 Å². The van der Waals surface area contributed by atoms with E-state index < -0.39 is 0 Å². The largest absolute Gasteiger partial charge is 0.349 e. The van der Waals surface area contributed by atoms with Crippen LogP contribution in [0.15, 0.2) is 30.5 Å². The van der Waals surface area contributed by atoms with Gasteiger partial charge in [-0.2, -0.15) is 0 Å².